The highest BCUT2D eigenvalue weighted by atomic mass is 16.7. The molecule has 0 aromatic rings. The number of nitrogens with one attached hydrogen (secondary N) is 1. The molecule has 0 aromatic carbocycles. The van der Waals surface area contributed by atoms with Crippen molar-refractivity contribution in [3.8, 4) is 0 Å². The minimum absolute atomic E-state index is 0.0000170. The van der Waals surface area contributed by atoms with E-state index in [1.165, 1.54) is 116 Å². The molecule has 2 heterocycles. The fourth-order valence-corrected chi connectivity index (χ4v) is 17.1. The van der Waals surface area contributed by atoms with E-state index < -0.39 is 60.2 Å². The highest BCUT2D eigenvalue weighted by Crippen LogP contribution is 2.67. The van der Waals surface area contributed by atoms with Gasteiger partial charge in [-0.3, -0.25) is 14.4 Å². The van der Waals surface area contributed by atoms with E-state index in [0.29, 0.717) is 76.8 Å². The molecule has 17 nitrogen and oxygen atoms in total. The van der Waals surface area contributed by atoms with E-state index in [1.54, 1.807) is 12.5 Å². The third kappa shape index (κ3) is 22.2. The predicted octanol–water partition coefficient (Wildman–Crippen LogP) is 12.8. The Balaban J connectivity index is 1.01. The van der Waals surface area contributed by atoms with E-state index in [4.69, 9.17) is 18.9 Å². The van der Waals surface area contributed by atoms with Gasteiger partial charge in [0.05, 0.1) is 24.9 Å². The van der Waals surface area contributed by atoms with Crippen LogP contribution in [0.4, 0.5) is 0 Å². The van der Waals surface area contributed by atoms with Crippen molar-refractivity contribution in [2.24, 2.45) is 52.3 Å². The van der Waals surface area contributed by atoms with E-state index >= 15 is 0 Å². The standard InChI is InChI=1S/C74H128N4O13/c1-10-12-13-14-15-16-17-18-19-20-21-22-23-24-25-32-65(82)78(47-48-89-56-37-40-73(7)55(49-56)33-34-57-59-36-35-58(53(5)31-28-30-52(3)4)74(59,8)41-38-60(57)73)45-29-44-77(64(81)11-2)43-27-26-42-76(51-61(79)70-67(84)68(85)71(87)91-70)46-39-63(80)75-50-62-54(6)66(83)69(86)72(88-9)90-62/h18-19,33,52-54,56-62,66,69-70,72,79,83-86H,10-17,20-32,34-51H2,1-9H3,(H,75,80)/b19-18-/t53-,54+,56?,57+,58-,59+,60+,61+,62?,66+,69+,70-,72?,73+,74-/m1/s1. The van der Waals surface area contributed by atoms with Gasteiger partial charge < -0.3 is 64.5 Å². The van der Waals surface area contributed by atoms with Crippen LogP contribution in [0.1, 0.15) is 248 Å². The number of hydrogen-bond donors (Lipinski definition) is 6. The van der Waals surface area contributed by atoms with E-state index in [0.717, 1.165) is 80.5 Å². The van der Waals surface area contributed by atoms with Crippen molar-refractivity contribution >= 4 is 23.7 Å². The Kier molecular flexibility index (Phi) is 32.6. The molecular weight excluding hydrogens is 1150 g/mol. The van der Waals surface area contributed by atoms with E-state index in [9.17, 15) is 44.7 Å². The molecule has 0 aromatic heterocycles. The lowest BCUT2D eigenvalue weighted by Crippen LogP contribution is -2.56. The zero-order valence-electron chi connectivity index (χ0n) is 58.2. The van der Waals surface area contributed by atoms with Crippen LogP contribution in [0.15, 0.2) is 35.3 Å². The summed E-state index contributed by atoms with van der Waals surface area (Å²) in [6.45, 7) is 21.4. The van der Waals surface area contributed by atoms with Crippen molar-refractivity contribution in [3.63, 3.8) is 0 Å². The van der Waals surface area contributed by atoms with Crippen molar-refractivity contribution < 1.29 is 63.7 Å². The van der Waals surface area contributed by atoms with Crippen LogP contribution in [0.2, 0.25) is 0 Å². The summed E-state index contributed by atoms with van der Waals surface area (Å²) < 4.78 is 22.8. The normalized spacial score (nSPS) is 29.7. The van der Waals surface area contributed by atoms with Gasteiger partial charge in [-0.25, -0.2) is 4.79 Å². The molecule has 2 aliphatic heterocycles. The van der Waals surface area contributed by atoms with Crippen LogP contribution >= 0.6 is 0 Å². The number of amides is 3. The second-order valence-electron chi connectivity index (χ2n) is 29.6. The van der Waals surface area contributed by atoms with Gasteiger partial charge in [0.15, 0.2) is 18.2 Å². The van der Waals surface area contributed by atoms with Crippen LogP contribution in [0, 0.1) is 52.3 Å². The molecule has 0 spiro atoms. The van der Waals surface area contributed by atoms with Crippen LogP contribution in [0.5, 0.6) is 0 Å². The first-order valence-electron chi connectivity index (χ1n) is 36.7. The number of ether oxygens (including phenoxy) is 4. The Hall–Kier alpha value is -3.58. The van der Waals surface area contributed by atoms with Gasteiger partial charge >= 0.3 is 5.97 Å². The second kappa shape index (κ2) is 38.8. The van der Waals surface area contributed by atoms with Crippen LogP contribution in [0.3, 0.4) is 0 Å². The molecule has 4 fully saturated rings. The number of nitrogens with zero attached hydrogens (tertiary/aromatic N) is 3. The van der Waals surface area contributed by atoms with E-state index in [-0.39, 0.29) is 55.3 Å². The van der Waals surface area contributed by atoms with Gasteiger partial charge in [0.2, 0.25) is 23.5 Å². The quantitative estimate of drug-likeness (QED) is 0.0190. The van der Waals surface area contributed by atoms with Gasteiger partial charge in [0.25, 0.3) is 0 Å². The van der Waals surface area contributed by atoms with Gasteiger partial charge in [0.1, 0.15) is 12.2 Å². The first-order chi connectivity index (χ1) is 43.7. The Bertz CT molecular complexity index is 2290. The summed E-state index contributed by atoms with van der Waals surface area (Å²) in [5.41, 5.74) is 2.32. The SMILES string of the molecule is CCCCCCCC/C=C\CCCCCCCC(=O)N(CCCN(CCCCN(CCC(=O)NCC1OC(OC)[C@@H](O)[C@@H](O)[C@H]1C)C[C@H](O)[C@H]1OC(=O)C(O)=C1O)C(=O)CC)CCOC1CC[C@@]2(C)C(=CC[C@H]3[C@@H]4CC[C@H]([C@H](C)CCCC(C)C)[C@@]4(C)CC[C@@H]32)C1. The van der Waals surface area contributed by atoms with E-state index in [1.807, 2.05) is 21.6 Å². The number of methoxy groups -OCH3 is 1. The molecule has 3 unspecified atom stereocenters. The maximum Gasteiger partial charge on any atom is 0.377 e. The summed E-state index contributed by atoms with van der Waals surface area (Å²) in [5, 5.41) is 55.2. The summed E-state index contributed by atoms with van der Waals surface area (Å²) in [6.07, 6.45) is 32.8. The lowest BCUT2D eigenvalue weighted by Gasteiger charge is -2.58. The number of fused-ring (bicyclic) bond motifs is 5. The second-order valence-corrected chi connectivity index (χ2v) is 29.6. The minimum atomic E-state index is -1.47. The maximum atomic E-state index is 14.2. The summed E-state index contributed by atoms with van der Waals surface area (Å²) in [6, 6.07) is 0. The van der Waals surface area contributed by atoms with Crippen LogP contribution in [-0.4, -0.2) is 173 Å². The Morgan fingerprint density at radius 3 is 2.10 bits per heavy atom. The highest BCUT2D eigenvalue weighted by Gasteiger charge is 2.59. The van der Waals surface area contributed by atoms with Crippen molar-refractivity contribution in [3.05, 3.63) is 35.3 Å². The van der Waals surface area contributed by atoms with Crippen molar-refractivity contribution in [1.82, 2.24) is 20.0 Å². The number of aliphatic hydroxyl groups excluding tert-OH is 5. The van der Waals surface area contributed by atoms with Gasteiger partial charge in [-0.2, -0.15) is 0 Å². The molecule has 3 amide bonds. The molecule has 91 heavy (non-hydrogen) atoms. The molecule has 17 heteroatoms. The first-order valence-corrected chi connectivity index (χ1v) is 36.7. The number of esters is 1. The van der Waals surface area contributed by atoms with E-state index in [2.05, 4.69) is 65.1 Å². The number of unbranched alkanes of at least 4 members (excludes halogenated alkanes) is 12. The smallest absolute Gasteiger partial charge is 0.377 e. The molecule has 6 rings (SSSR count). The average molecular weight is 1280 g/mol. The lowest BCUT2D eigenvalue weighted by atomic mass is 9.47. The maximum absolute atomic E-state index is 14.2. The largest absolute Gasteiger partial charge is 0.505 e. The molecule has 4 aliphatic carbocycles. The molecule has 1 saturated heterocycles. The number of aliphatic hydroxyl groups is 5. The third-order valence-electron chi connectivity index (χ3n) is 22.8. The molecule has 6 aliphatic rings. The van der Waals surface area contributed by atoms with Crippen molar-refractivity contribution in [2.75, 3.05) is 66.1 Å². The topological polar surface area (TPSA) is 228 Å². The van der Waals surface area contributed by atoms with Gasteiger partial charge in [-0.15, -0.1) is 0 Å². The zero-order valence-corrected chi connectivity index (χ0v) is 58.2. The van der Waals surface area contributed by atoms with Gasteiger partial charge in [-0.1, -0.05) is 150 Å². The van der Waals surface area contributed by atoms with Crippen LogP contribution < -0.4 is 5.32 Å². The lowest BCUT2D eigenvalue weighted by molar-refractivity contribution is -0.274. The molecule has 0 bridgehead atoms. The van der Waals surface area contributed by atoms with Crippen LogP contribution in [-0.2, 0) is 38.1 Å². The molecule has 0 radical (unpaired) electrons. The summed E-state index contributed by atoms with van der Waals surface area (Å²) >= 11 is 0. The number of carbonyl (C=O) groups is 4. The van der Waals surface area contributed by atoms with Crippen molar-refractivity contribution in [1.29, 1.82) is 0 Å². The molecule has 522 valence electrons. The van der Waals surface area contributed by atoms with Gasteiger partial charge in [0, 0.05) is 78.1 Å². The average Bonchev–Trinajstić information content (AvgIpc) is 1.70. The summed E-state index contributed by atoms with van der Waals surface area (Å²) in [7, 11) is 1.36. The first kappa shape index (κ1) is 76.4. The summed E-state index contributed by atoms with van der Waals surface area (Å²) in [5.74, 6) is 1.30. The molecule has 6 N–H and O–H groups in total. The number of cyclic esters (lactones) is 1. The zero-order chi connectivity index (χ0) is 66.1. The number of hydrogen-bond acceptors (Lipinski definition) is 14. The number of rotatable bonds is 43. The predicted molar refractivity (Wildman–Crippen MR) is 359 cm³/mol. The molecule has 15 atom stereocenters. The fourth-order valence-electron chi connectivity index (χ4n) is 17.1. The van der Waals surface area contributed by atoms with Gasteiger partial charge in [-0.05, 0) is 156 Å². The fraction of sp³-hybridized carbons (Fsp3) is 0.865. The van der Waals surface area contributed by atoms with Crippen molar-refractivity contribution in [2.45, 2.75) is 291 Å². The Morgan fingerprint density at radius 1 is 0.758 bits per heavy atom. The molecule has 3 saturated carbocycles. The number of allylic oxidation sites excluding steroid dienone is 3. The van der Waals surface area contributed by atoms with Crippen LogP contribution in [0.25, 0.3) is 0 Å². The Labute approximate surface area is 549 Å². The minimum Gasteiger partial charge on any atom is -0.505 e. The summed E-state index contributed by atoms with van der Waals surface area (Å²) in [4.78, 5) is 58.7. The monoisotopic (exact) mass is 1280 g/mol. The molecular formula is C74H128N4O13. The Morgan fingerprint density at radius 2 is 1.43 bits per heavy atom. The third-order valence-corrected chi connectivity index (χ3v) is 22.8. The number of carbonyl (C=O) groups excluding carboxylic acids is 4. The highest BCUT2D eigenvalue weighted by molar-refractivity contribution is 5.89.